The average molecular weight is 438 g/mol. The van der Waals surface area contributed by atoms with Gasteiger partial charge in [0.05, 0.1) is 28.8 Å². The van der Waals surface area contributed by atoms with E-state index in [1.165, 1.54) is 0 Å². The molecule has 1 aromatic heterocycles. The first-order valence-corrected chi connectivity index (χ1v) is 10.1. The second-order valence-electron chi connectivity index (χ2n) is 6.88. The number of thioether (sulfide) groups is 1. The summed E-state index contributed by atoms with van der Waals surface area (Å²) in [6.07, 6.45) is -1.24. The molecule has 5 N–H and O–H groups in total. The Labute approximate surface area is 175 Å². The Kier molecular flexibility index (Phi) is 8.22. The van der Waals surface area contributed by atoms with Crippen LogP contribution >= 0.6 is 11.8 Å². The van der Waals surface area contributed by atoms with E-state index in [2.05, 4.69) is 9.97 Å². The lowest BCUT2D eigenvalue weighted by Gasteiger charge is -2.20. The number of para-hydroxylation sites is 2. The highest BCUT2D eigenvalue weighted by Gasteiger charge is 2.32. The summed E-state index contributed by atoms with van der Waals surface area (Å²) in [6, 6.07) is 7.27. The van der Waals surface area contributed by atoms with Crippen LogP contribution in [0.25, 0.3) is 11.0 Å². The molecule has 162 valence electrons. The van der Waals surface area contributed by atoms with E-state index in [4.69, 9.17) is 5.11 Å². The molecular formula is C19H22N2O8S. The highest BCUT2D eigenvalue weighted by Crippen LogP contribution is 2.28. The zero-order chi connectivity index (χ0) is 22.3. The molecule has 3 unspecified atom stereocenters. The van der Waals surface area contributed by atoms with Crippen LogP contribution in [0, 0.1) is 17.8 Å². The molecule has 2 aromatic rings. The number of aliphatic carboxylic acids is 4. The van der Waals surface area contributed by atoms with Crippen LogP contribution in [0.3, 0.4) is 0 Å². The lowest BCUT2D eigenvalue weighted by atomic mass is 9.85. The summed E-state index contributed by atoms with van der Waals surface area (Å²) in [6.45, 7) is 0. The third-order valence-corrected chi connectivity index (χ3v) is 5.72. The van der Waals surface area contributed by atoms with Crippen LogP contribution in [0.5, 0.6) is 0 Å². The lowest BCUT2D eigenvalue weighted by Crippen LogP contribution is -2.28. The number of nitrogens with one attached hydrogen (secondary N) is 1. The summed E-state index contributed by atoms with van der Waals surface area (Å²) in [5.41, 5.74) is 1.51. The number of benzene rings is 1. The number of aromatic amines is 1. The minimum atomic E-state index is -1.31. The maximum atomic E-state index is 11.7. The van der Waals surface area contributed by atoms with E-state index in [0.29, 0.717) is 5.16 Å². The molecule has 30 heavy (non-hydrogen) atoms. The summed E-state index contributed by atoms with van der Waals surface area (Å²) in [7, 11) is 0. The first kappa shape index (κ1) is 23.2. The molecule has 0 amide bonds. The van der Waals surface area contributed by atoms with Gasteiger partial charge in [0.2, 0.25) is 0 Å². The average Bonchev–Trinajstić information content (AvgIpc) is 3.08. The Morgan fingerprint density at radius 1 is 0.900 bits per heavy atom. The molecule has 0 aliphatic carbocycles. The van der Waals surface area contributed by atoms with Gasteiger partial charge in [-0.25, -0.2) is 4.98 Å². The molecule has 0 aliphatic rings. The Morgan fingerprint density at radius 3 is 2.07 bits per heavy atom. The van der Waals surface area contributed by atoms with Gasteiger partial charge in [-0.3, -0.25) is 19.2 Å². The smallest absolute Gasteiger partial charge is 0.307 e. The van der Waals surface area contributed by atoms with Crippen molar-refractivity contribution in [1.82, 2.24) is 9.97 Å². The number of nitrogens with zero attached hydrogens (tertiary/aromatic N) is 1. The molecule has 10 nitrogen and oxygen atoms in total. The van der Waals surface area contributed by atoms with Crippen LogP contribution in [0.4, 0.5) is 0 Å². The van der Waals surface area contributed by atoms with Crippen molar-refractivity contribution in [2.75, 3.05) is 5.75 Å². The SMILES string of the molecule is O=C(O)CCC(CC(CC(CSc1nc2ccccc2[nH]1)C(=O)O)C(=O)O)C(=O)O. The van der Waals surface area contributed by atoms with Gasteiger partial charge in [0.15, 0.2) is 5.16 Å². The minimum Gasteiger partial charge on any atom is -0.481 e. The molecule has 1 heterocycles. The first-order chi connectivity index (χ1) is 14.2. The number of fused-ring (bicyclic) bond motifs is 1. The maximum absolute atomic E-state index is 11.7. The van der Waals surface area contributed by atoms with Crippen molar-refractivity contribution in [1.29, 1.82) is 0 Å². The maximum Gasteiger partial charge on any atom is 0.307 e. The molecule has 2 rings (SSSR count). The Balaban J connectivity index is 2.04. The summed E-state index contributed by atoms with van der Waals surface area (Å²) in [4.78, 5) is 52.7. The van der Waals surface area contributed by atoms with Crippen LogP contribution in [0.15, 0.2) is 29.4 Å². The number of hydrogen-bond acceptors (Lipinski definition) is 6. The van der Waals surface area contributed by atoms with Gasteiger partial charge in [-0.2, -0.15) is 0 Å². The predicted molar refractivity (Wildman–Crippen MR) is 106 cm³/mol. The monoisotopic (exact) mass is 438 g/mol. The first-order valence-electron chi connectivity index (χ1n) is 9.15. The van der Waals surface area contributed by atoms with Gasteiger partial charge in [0, 0.05) is 12.2 Å². The van der Waals surface area contributed by atoms with Crippen LogP contribution in [0.1, 0.15) is 25.7 Å². The van der Waals surface area contributed by atoms with E-state index in [0.717, 1.165) is 22.8 Å². The van der Waals surface area contributed by atoms with Crippen molar-refractivity contribution < 1.29 is 39.6 Å². The molecule has 1 aromatic carbocycles. The molecule has 0 radical (unpaired) electrons. The van der Waals surface area contributed by atoms with Gasteiger partial charge in [0.1, 0.15) is 0 Å². The fourth-order valence-corrected chi connectivity index (χ4v) is 4.02. The fourth-order valence-electron chi connectivity index (χ4n) is 3.04. The number of carboxylic acids is 4. The van der Waals surface area contributed by atoms with Crippen LogP contribution < -0.4 is 0 Å². The van der Waals surface area contributed by atoms with E-state index in [1.54, 1.807) is 6.07 Å². The van der Waals surface area contributed by atoms with Crippen LogP contribution in [-0.4, -0.2) is 60.0 Å². The number of rotatable bonds is 13. The highest BCUT2D eigenvalue weighted by atomic mass is 32.2. The van der Waals surface area contributed by atoms with Crippen LogP contribution in [-0.2, 0) is 19.2 Å². The normalized spacial score (nSPS) is 14.1. The van der Waals surface area contributed by atoms with E-state index in [9.17, 15) is 34.5 Å². The van der Waals surface area contributed by atoms with Gasteiger partial charge in [-0.15, -0.1) is 0 Å². The molecular weight excluding hydrogens is 416 g/mol. The molecule has 11 heteroatoms. The molecule has 0 saturated carbocycles. The Hall–Kier alpha value is -3.08. The zero-order valence-electron chi connectivity index (χ0n) is 15.9. The number of imidazole rings is 1. The van der Waals surface area contributed by atoms with Gasteiger partial charge < -0.3 is 25.4 Å². The Bertz CT molecular complexity index is 895. The number of carbonyl (C=O) groups is 4. The number of H-pyrrole nitrogens is 1. The molecule has 3 atom stereocenters. The third-order valence-electron chi connectivity index (χ3n) is 4.68. The molecule has 0 aliphatic heterocycles. The second-order valence-corrected chi connectivity index (χ2v) is 7.89. The van der Waals surface area contributed by atoms with E-state index >= 15 is 0 Å². The quantitative estimate of drug-likeness (QED) is 0.292. The van der Waals surface area contributed by atoms with Crippen LogP contribution in [0.2, 0.25) is 0 Å². The van der Waals surface area contributed by atoms with Crippen molar-refractivity contribution in [2.45, 2.75) is 30.8 Å². The third kappa shape index (κ3) is 6.76. The van der Waals surface area contributed by atoms with E-state index in [1.807, 2.05) is 18.2 Å². The van der Waals surface area contributed by atoms with Crippen molar-refractivity contribution >= 4 is 46.7 Å². The summed E-state index contributed by atoms with van der Waals surface area (Å²) in [5.74, 6) is -8.38. The van der Waals surface area contributed by atoms with Crippen molar-refractivity contribution in [3.8, 4) is 0 Å². The van der Waals surface area contributed by atoms with Gasteiger partial charge in [0.25, 0.3) is 0 Å². The molecule has 0 spiro atoms. The van der Waals surface area contributed by atoms with E-state index in [-0.39, 0.29) is 25.0 Å². The van der Waals surface area contributed by atoms with Gasteiger partial charge in [-0.05, 0) is 31.4 Å². The summed E-state index contributed by atoms with van der Waals surface area (Å²) < 4.78 is 0. The fraction of sp³-hybridized carbons (Fsp3) is 0.421. The molecule has 0 saturated heterocycles. The second kappa shape index (κ2) is 10.6. The largest absolute Gasteiger partial charge is 0.481 e. The lowest BCUT2D eigenvalue weighted by molar-refractivity contribution is -0.147. The van der Waals surface area contributed by atoms with Gasteiger partial charge in [-0.1, -0.05) is 23.9 Å². The molecule has 0 bridgehead atoms. The molecule has 0 fully saturated rings. The van der Waals surface area contributed by atoms with Crippen molar-refractivity contribution in [3.05, 3.63) is 24.3 Å². The number of carboxylic acid groups (broad SMARTS) is 4. The van der Waals surface area contributed by atoms with Gasteiger partial charge >= 0.3 is 23.9 Å². The summed E-state index contributed by atoms with van der Waals surface area (Å²) in [5, 5.41) is 37.5. The van der Waals surface area contributed by atoms with Crippen molar-refractivity contribution in [3.63, 3.8) is 0 Å². The summed E-state index contributed by atoms with van der Waals surface area (Å²) >= 11 is 1.14. The number of aromatic nitrogens is 2. The van der Waals surface area contributed by atoms with E-state index < -0.39 is 48.1 Å². The number of hydrogen-bond donors (Lipinski definition) is 5. The van der Waals surface area contributed by atoms with Crippen molar-refractivity contribution in [2.24, 2.45) is 17.8 Å². The predicted octanol–water partition coefficient (Wildman–Crippen LogP) is 2.40. The topological polar surface area (TPSA) is 178 Å². The minimum absolute atomic E-state index is 0.0474. The Morgan fingerprint density at radius 2 is 1.50 bits per heavy atom. The standard InChI is InChI=1S/C19H22N2O8S/c22-15(23)6-5-10(16(24)25)7-11(17(26)27)8-12(18(28)29)9-30-19-20-13-3-1-2-4-14(13)21-19/h1-4,10-12H,5-9H2,(H,20,21)(H,22,23)(H,24,25)(H,26,27)(H,28,29). The zero-order valence-corrected chi connectivity index (χ0v) is 16.7. The highest BCUT2D eigenvalue weighted by molar-refractivity contribution is 7.99.